The van der Waals surface area contributed by atoms with E-state index in [-0.39, 0.29) is 72.3 Å². The van der Waals surface area contributed by atoms with E-state index in [1.54, 1.807) is 0 Å². The standard InChI is InChI=1S/C8H16O2.2Na/c9-7-5-3-1-2-4-6-8-10;;/h1-8H2;;/q-2;2*+1. The average Bonchev–Trinajstić information content (AvgIpc) is 1.97. The Kier molecular flexibility index (Phi) is 30.3. The molecule has 0 spiro atoms. The molecule has 0 rings (SSSR count). The second-order valence-corrected chi connectivity index (χ2v) is 2.53. The van der Waals surface area contributed by atoms with E-state index in [0.717, 1.165) is 38.5 Å². The Morgan fingerprint density at radius 1 is 0.500 bits per heavy atom. The molecule has 0 bridgehead atoms. The van der Waals surface area contributed by atoms with Gasteiger partial charge >= 0.3 is 59.1 Å². The van der Waals surface area contributed by atoms with Crippen LogP contribution in [-0.2, 0) is 0 Å². The summed E-state index contributed by atoms with van der Waals surface area (Å²) >= 11 is 0. The maximum atomic E-state index is 9.97. The van der Waals surface area contributed by atoms with Crippen LogP contribution >= 0.6 is 0 Å². The molecule has 0 aromatic carbocycles. The molecule has 0 aromatic heterocycles. The Labute approximate surface area is 120 Å². The predicted octanol–water partition coefficient (Wildman–Crippen LogP) is -5.94. The third-order valence-electron chi connectivity index (χ3n) is 1.54. The molecule has 0 fully saturated rings. The first-order chi connectivity index (χ1) is 4.91. The van der Waals surface area contributed by atoms with Crippen LogP contribution in [0.25, 0.3) is 0 Å². The van der Waals surface area contributed by atoms with Gasteiger partial charge in [-0.15, -0.1) is 13.2 Å². The van der Waals surface area contributed by atoms with Gasteiger partial charge in [0.1, 0.15) is 0 Å². The first kappa shape index (κ1) is 19.5. The van der Waals surface area contributed by atoms with E-state index in [2.05, 4.69) is 0 Å². The van der Waals surface area contributed by atoms with Gasteiger partial charge in [0.2, 0.25) is 0 Å². The van der Waals surface area contributed by atoms with E-state index in [9.17, 15) is 10.2 Å². The second-order valence-electron chi connectivity index (χ2n) is 2.53. The Morgan fingerprint density at radius 3 is 1.00 bits per heavy atom. The molecule has 0 heterocycles. The van der Waals surface area contributed by atoms with Crippen molar-refractivity contribution in [2.75, 3.05) is 13.2 Å². The van der Waals surface area contributed by atoms with Crippen LogP contribution in [0.4, 0.5) is 0 Å². The molecule has 0 aliphatic carbocycles. The Morgan fingerprint density at radius 2 is 0.750 bits per heavy atom. The smallest absolute Gasteiger partial charge is 0.854 e. The molecule has 12 heavy (non-hydrogen) atoms. The van der Waals surface area contributed by atoms with Gasteiger partial charge in [0.05, 0.1) is 0 Å². The van der Waals surface area contributed by atoms with E-state index in [1.807, 2.05) is 0 Å². The minimum absolute atomic E-state index is 0. The first-order valence-electron chi connectivity index (χ1n) is 4.08. The fourth-order valence-corrected chi connectivity index (χ4v) is 0.911. The molecule has 0 amide bonds. The fraction of sp³-hybridized carbons (Fsp3) is 1.00. The monoisotopic (exact) mass is 190 g/mol. The van der Waals surface area contributed by atoms with Gasteiger partial charge in [-0.3, -0.25) is 0 Å². The molecule has 0 atom stereocenters. The van der Waals surface area contributed by atoms with E-state index in [1.165, 1.54) is 0 Å². The van der Waals surface area contributed by atoms with Crippen LogP contribution in [0.1, 0.15) is 38.5 Å². The maximum Gasteiger partial charge on any atom is 1.00 e. The van der Waals surface area contributed by atoms with Crippen LogP contribution in [0.5, 0.6) is 0 Å². The summed E-state index contributed by atoms with van der Waals surface area (Å²) in [6.07, 6.45) is 5.95. The molecule has 0 saturated carbocycles. The predicted molar refractivity (Wildman–Crippen MR) is 37.4 cm³/mol. The molecule has 4 heteroatoms. The molecule has 2 nitrogen and oxygen atoms in total. The zero-order valence-corrected chi connectivity index (χ0v) is 12.5. The molecule has 62 valence electrons. The molecule has 0 saturated heterocycles. The Balaban J connectivity index is -0.000000405. The minimum atomic E-state index is 0. The van der Waals surface area contributed by atoms with Crippen molar-refractivity contribution in [3.8, 4) is 0 Å². The summed E-state index contributed by atoms with van der Waals surface area (Å²) in [5.41, 5.74) is 0. The van der Waals surface area contributed by atoms with Crippen LogP contribution in [0.15, 0.2) is 0 Å². The van der Waals surface area contributed by atoms with Crippen molar-refractivity contribution in [1.82, 2.24) is 0 Å². The van der Waals surface area contributed by atoms with E-state index >= 15 is 0 Å². The molecule has 0 N–H and O–H groups in total. The summed E-state index contributed by atoms with van der Waals surface area (Å²) in [6.45, 7) is 0.114. The van der Waals surface area contributed by atoms with Crippen molar-refractivity contribution in [3.63, 3.8) is 0 Å². The van der Waals surface area contributed by atoms with Crippen molar-refractivity contribution >= 4 is 0 Å². The van der Waals surface area contributed by atoms with Gasteiger partial charge in [-0.25, -0.2) is 0 Å². The third-order valence-corrected chi connectivity index (χ3v) is 1.54. The topological polar surface area (TPSA) is 46.1 Å². The van der Waals surface area contributed by atoms with Crippen molar-refractivity contribution < 1.29 is 69.3 Å². The van der Waals surface area contributed by atoms with Crippen LogP contribution in [0.2, 0.25) is 0 Å². The van der Waals surface area contributed by atoms with Crippen LogP contribution in [-0.4, -0.2) is 13.2 Å². The van der Waals surface area contributed by atoms with Crippen molar-refractivity contribution in [2.24, 2.45) is 0 Å². The maximum absolute atomic E-state index is 9.97. The first-order valence-corrected chi connectivity index (χ1v) is 4.08. The van der Waals surface area contributed by atoms with Gasteiger partial charge in [0, 0.05) is 0 Å². The second kappa shape index (κ2) is 18.7. The van der Waals surface area contributed by atoms with Gasteiger partial charge in [0.25, 0.3) is 0 Å². The van der Waals surface area contributed by atoms with Gasteiger partial charge in [0.15, 0.2) is 0 Å². The summed E-state index contributed by atoms with van der Waals surface area (Å²) < 4.78 is 0. The summed E-state index contributed by atoms with van der Waals surface area (Å²) in [6, 6.07) is 0. The Hall–Kier alpha value is 1.92. The van der Waals surface area contributed by atoms with Crippen molar-refractivity contribution in [3.05, 3.63) is 0 Å². The largest absolute Gasteiger partial charge is 1.00 e. The average molecular weight is 190 g/mol. The Bertz CT molecular complexity index is 55.0. The van der Waals surface area contributed by atoms with E-state index in [0.29, 0.717) is 0 Å². The fourth-order valence-electron chi connectivity index (χ4n) is 0.911. The normalized spacial score (nSPS) is 8.50. The zero-order chi connectivity index (χ0) is 7.66. The van der Waals surface area contributed by atoms with Crippen LogP contribution in [0, 0.1) is 0 Å². The summed E-state index contributed by atoms with van der Waals surface area (Å²) in [5.74, 6) is 0. The molecule has 0 unspecified atom stereocenters. The number of unbranched alkanes of at least 4 members (excludes halogenated alkanes) is 5. The third kappa shape index (κ3) is 17.9. The van der Waals surface area contributed by atoms with E-state index in [4.69, 9.17) is 0 Å². The number of hydrogen-bond acceptors (Lipinski definition) is 2. The van der Waals surface area contributed by atoms with Crippen LogP contribution < -0.4 is 69.3 Å². The molecular formula is C8H16Na2O2. The minimum Gasteiger partial charge on any atom is -0.854 e. The van der Waals surface area contributed by atoms with Crippen molar-refractivity contribution in [2.45, 2.75) is 38.5 Å². The number of hydrogen-bond donors (Lipinski definition) is 0. The van der Waals surface area contributed by atoms with Crippen LogP contribution in [0.3, 0.4) is 0 Å². The molecular weight excluding hydrogens is 174 g/mol. The molecule has 0 radical (unpaired) electrons. The molecule has 0 aliphatic rings. The van der Waals surface area contributed by atoms with Gasteiger partial charge in [-0.1, -0.05) is 38.5 Å². The summed E-state index contributed by atoms with van der Waals surface area (Å²) in [5, 5.41) is 19.9. The van der Waals surface area contributed by atoms with Crippen molar-refractivity contribution in [1.29, 1.82) is 0 Å². The van der Waals surface area contributed by atoms with Gasteiger partial charge in [-0.05, 0) is 0 Å². The van der Waals surface area contributed by atoms with Gasteiger partial charge < -0.3 is 10.2 Å². The molecule has 0 aliphatic heterocycles. The number of rotatable bonds is 7. The SMILES string of the molecule is [Na+].[Na+].[O-]CCCCCCCC[O-]. The van der Waals surface area contributed by atoms with E-state index < -0.39 is 0 Å². The van der Waals surface area contributed by atoms with Gasteiger partial charge in [-0.2, -0.15) is 0 Å². The quantitative estimate of drug-likeness (QED) is 0.296. The summed E-state index contributed by atoms with van der Waals surface area (Å²) in [7, 11) is 0. The summed E-state index contributed by atoms with van der Waals surface area (Å²) in [4.78, 5) is 0. The molecule has 0 aromatic rings. The zero-order valence-electron chi connectivity index (χ0n) is 8.47.